The summed E-state index contributed by atoms with van der Waals surface area (Å²) in [6.45, 7) is 4.10. The molecule has 1 atom stereocenters. The zero-order valence-corrected chi connectivity index (χ0v) is 17.2. The Morgan fingerprint density at radius 1 is 1.21 bits per heavy atom. The molecule has 0 aliphatic heterocycles. The SMILES string of the molecule is Cc1cc(CNC(=O)C(C)c2c(-c3ccccc3)[nH]c3ccc(Br)cc23)on1. The number of carbonyl (C=O) groups excluding carboxylic acids is 1. The number of H-pyrrole nitrogens is 1. The van der Waals surface area contributed by atoms with Crippen molar-refractivity contribution >= 4 is 32.7 Å². The lowest BCUT2D eigenvalue weighted by molar-refractivity contribution is -0.122. The third-order valence-electron chi connectivity index (χ3n) is 4.80. The first-order valence-corrected chi connectivity index (χ1v) is 9.88. The van der Waals surface area contributed by atoms with Crippen molar-refractivity contribution < 1.29 is 9.32 Å². The fourth-order valence-electron chi connectivity index (χ4n) is 3.43. The van der Waals surface area contributed by atoms with Crippen molar-refractivity contribution in [2.24, 2.45) is 0 Å². The summed E-state index contributed by atoms with van der Waals surface area (Å²) in [4.78, 5) is 16.4. The predicted molar refractivity (Wildman–Crippen MR) is 113 cm³/mol. The van der Waals surface area contributed by atoms with Gasteiger partial charge in [0.25, 0.3) is 0 Å². The van der Waals surface area contributed by atoms with Gasteiger partial charge in [-0.25, -0.2) is 0 Å². The smallest absolute Gasteiger partial charge is 0.227 e. The van der Waals surface area contributed by atoms with Crippen LogP contribution in [0.3, 0.4) is 0 Å². The average molecular weight is 438 g/mol. The number of benzene rings is 2. The molecule has 1 unspecified atom stereocenters. The highest BCUT2D eigenvalue weighted by Crippen LogP contribution is 2.37. The number of nitrogens with zero attached hydrogens (tertiary/aromatic N) is 1. The van der Waals surface area contributed by atoms with Gasteiger partial charge in [0.1, 0.15) is 0 Å². The normalized spacial score (nSPS) is 12.2. The van der Waals surface area contributed by atoms with Crippen LogP contribution in [-0.2, 0) is 11.3 Å². The van der Waals surface area contributed by atoms with E-state index < -0.39 is 0 Å². The van der Waals surface area contributed by atoms with E-state index in [0.717, 1.165) is 37.9 Å². The molecule has 5 nitrogen and oxygen atoms in total. The van der Waals surface area contributed by atoms with E-state index in [2.05, 4.69) is 37.5 Å². The molecule has 0 radical (unpaired) electrons. The van der Waals surface area contributed by atoms with Gasteiger partial charge < -0.3 is 14.8 Å². The van der Waals surface area contributed by atoms with Crippen LogP contribution in [0.2, 0.25) is 0 Å². The number of aromatic amines is 1. The molecule has 2 N–H and O–H groups in total. The molecule has 4 aromatic rings. The molecule has 0 fully saturated rings. The highest BCUT2D eigenvalue weighted by Gasteiger charge is 2.24. The highest BCUT2D eigenvalue weighted by molar-refractivity contribution is 9.10. The van der Waals surface area contributed by atoms with Crippen LogP contribution < -0.4 is 5.32 Å². The second kappa shape index (κ2) is 7.64. The fraction of sp³-hybridized carbons (Fsp3) is 0.182. The standard InChI is InChI=1S/C22H20BrN3O2/c1-13-10-17(28-26-13)12-24-22(27)14(2)20-18-11-16(23)8-9-19(18)25-21(20)15-6-4-3-5-7-15/h3-11,14,25H,12H2,1-2H3,(H,24,27). The van der Waals surface area contributed by atoms with E-state index in [1.54, 1.807) is 0 Å². The summed E-state index contributed by atoms with van der Waals surface area (Å²) in [6.07, 6.45) is 0. The fourth-order valence-corrected chi connectivity index (χ4v) is 3.79. The minimum absolute atomic E-state index is 0.0629. The summed E-state index contributed by atoms with van der Waals surface area (Å²) in [5, 5.41) is 7.85. The van der Waals surface area contributed by atoms with Gasteiger partial charge in [-0.3, -0.25) is 4.79 Å². The number of hydrogen-bond donors (Lipinski definition) is 2. The van der Waals surface area contributed by atoms with Gasteiger partial charge in [-0.1, -0.05) is 51.4 Å². The molecular weight excluding hydrogens is 418 g/mol. The summed E-state index contributed by atoms with van der Waals surface area (Å²) < 4.78 is 6.16. The second-order valence-corrected chi connectivity index (χ2v) is 7.76. The maximum atomic E-state index is 12.9. The zero-order chi connectivity index (χ0) is 19.7. The van der Waals surface area contributed by atoms with Crippen molar-refractivity contribution in [3.63, 3.8) is 0 Å². The summed E-state index contributed by atoms with van der Waals surface area (Å²) in [7, 11) is 0. The van der Waals surface area contributed by atoms with Gasteiger partial charge in [0.2, 0.25) is 5.91 Å². The molecular formula is C22H20BrN3O2. The first-order chi connectivity index (χ1) is 13.5. The number of fused-ring (bicyclic) bond motifs is 1. The van der Waals surface area contributed by atoms with Gasteiger partial charge in [-0.05, 0) is 43.2 Å². The molecule has 0 saturated heterocycles. The molecule has 2 heterocycles. The number of amides is 1. The Bertz CT molecular complexity index is 1130. The van der Waals surface area contributed by atoms with E-state index in [9.17, 15) is 4.79 Å². The first-order valence-electron chi connectivity index (χ1n) is 9.09. The maximum Gasteiger partial charge on any atom is 0.227 e. The number of carbonyl (C=O) groups is 1. The average Bonchev–Trinajstić information content (AvgIpc) is 3.29. The van der Waals surface area contributed by atoms with Crippen LogP contribution in [0.5, 0.6) is 0 Å². The van der Waals surface area contributed by atoms with E-state index in [4.69, 9.17) is 4.52 Å². The van der Waals surface area contributed by atoms with Crippen molar-refractivity contribution in [2.75, 3.05) is 0 Å². The molecule has 142 valence electrons. The van der Waals surface area contributed by atoms with Crippen LogP contribution in [0.15, 0.2) is 63.6 Å². The molecule has 2 aromatic heterocycles. The highest BCUT2D eigenvalue weighted by atomic mass is 79.9. The summed E-state index contributed by atoms with van der Waals surface area (Å²) >= 11 is 3.55. The number of aryl methyl sites for hydroxylation is 1. The van der Waals surface area contributed by atoms with Crippen molar-refractivity contribution in [1.29, 1.82) is 0 Å². The van der Waals surface area contributed by atoms with E-state index in [1.807, 2.05) is 62.4 Å². The lowest BCUT2D eigenvalue weighted by Crippen LogP contribution is -2.27. The second-order valence-electron chi connectivity index (χ2n) is 6.84. The van der Waals surface area contributed by atoms with Crippen LogP contribution in [0, 0.1) is 6.92 Å². The largest absolute Gasteiger partial charge is 0.359 e. The number of hydrogen-bond acceptors (Lipinski definition) is 3. The Morgan fingerprint density at radius 2 is 2.00 bits per heavy atom. The molecule has 1 amide bonds. The topological polar surface area (TPSA) is 70.9 Å². The van der Waals surface area contributed by atoms with Crippen molar-refractivity contribution in [2.45, 2.75) is 26.3 Å². The van der Waals surface area contributed by atoms with Crippen LogP contribution >= 0.6 is 15.9 Å². The molecule has 2 aromatic carbocycles. The molecule has 6 heteroatoms. The maximum absolute atomic E-state index is 12.9. The molecule has 28 heavy (non-hydrogen) atoms. The van der Waals surface area contributed by atoms with E-state index in [-0.39, 0.29) is 11.8 Å². The Kier molecular flexibility index (Phi) is 5.05. The van der Waals surface area contributed by atoms with Gasteiger partial charge in [-0.15, -0.1) is 0 Å². The van der Waals surface area contributed by atoms with Crippen LogP contribution in [0.4, 0.5) is 0 Å². The van der Waals surface area contributed by atoms with Crippen molar-refractivity contribution in [1.82, 2.24) is 15.5 Å². The van der Waals surface area contributed by atoms with Crippen LogP contribution in [0.25, 0.3) is 22.2 Å². The van der Waals surface area contributed by atoms with Crippen LogP contribution in [0.1, 0.15) is 29.9 Å². The van der Waals surface area contributed by atoms with E-state index >= 15 is 0 Å². The van der Waals surface area contributed by atoms with Gasteiger partial charge in [-0.2, -0.15) is 0 Å². The number of halogens is 1. The number of rotatable bonds is 5. The Morgan fingerprint density at radius 3 is 2.71 bits per heavy atom. The van der Waals surface area contributed by atoms with Gasteiger partial charge >= 0.3 is 0 Å². The predicted octanol–water partition coefficient (Wildman–Crippen LogP) is 5.31. The zero-order valence-electron chi connectivity index (χ0n) is 15.6. The minimum Gasteiger partial charge on any atom is -0.359 e. The Labute approximate surface area is 171 Å². The summed E-state index contributed by atoms with van der Waals surface area (Å²) in [6, 6.07) is 18.0. The number of aromatic nitrogens is 2. The van der Waals surface area contributed by atoms with E-state index in [0.29, 0.717) is 12.3 Å². The van der Waals surface area contributed by atoms with Crippen molar-refractivity contribution in [3.8, 4) is 11.3 Å². The molecule has 0 aliphatic carbocycles. The first kappa shape index (κ1) is 18.5. The third kappa shape index (κ3) is 3.60. The molecule has 0 saturated carbocycles. The summed E-state index contributed by atoms with van der Waals surface area (Å²) in [5.74, 6) is 0.234. The van der Waals surface area contributed by atoms with E-state index in [1.165, 1.54) is 0 Å². The monoisotopic (exact) mass is 437 g/mol. The van der Waals surface area contributed by atoms with Gasteiger partial charge in [0, 0.05) is 21.4 Å². The molecule has 4 rings (SSSR count). The lowest BCUT2D eigenvalue weighted by Gasteiger charge is -2.14. The lowest BCUT2D eigenvalue weighted by atomic mass is 9.94. The molecule has 0 aliphatic rings. The van der Waals surface area contributed by atoms with Crippen molar-refractivity contribution in [3.05, 3.63) is 76.1 Å². The Hall–Kier alpha value is -2.86. The molecule has 0 spiro atoms. The Balaban J connectivity index is 1.71. The van der Waals surface area contributed by atoms with Crippen LogP contribution in [-0.4, -0.2) is 16.0 Å². The quantitative estimate of drug-likeness (QED) is 0.444. The van der Waals surface area contributed by atoms with Gasteiger partial charge in [0.05, 0.1) is 23.9 Å². The summed E-state index contributed by atoms with van der Waals surface area (Å²) in [5.41, 5.74) is 4.80. The number of nitrogens with one attached hydrogen (secondary N) is 2. The molecule has 0 bridgehead atoms. The third-order valence-corrected chi connectivity index (χ3v) is 5.30. The van der Waals surface area contributed by atoms with Gasteiger partial charge in [0.15, 0.2) is 5.76 Å². The minimum atomic E-state index is -0.345.